The summed E-state index contributed by atoms with van der Waals surface area (Å²) >= 11 is 0. The van der Waals surface area contributed by atoms with E-state index in [2.05, 4.69) is 12.2 Å². The third kappa shape index (κ3) is 0.722. The van der Waals surface area contributed by atoms with E-state index in [-0.39, 0.29) is 5.41 Å². The van der Waals surface area contributed by atoms with Crippen LogP contribution in [0.3, 0.4) is 0 Å². The van der Waals surface area contributed by atoms with Crippen LogP contribution in [0.2, 0.25) is 0 Å². The predicted octanol–water partition coefficient (Wildman–Crippen LogP) is 2.70. The van der Waals surface area contributed by atoms with Crippen molar-refractivity contribution in [3.8, 4) is 0 Å². The molecule has 0 amide bonds. The highest BCUT2D eigenvalue weighted by molar-refractivity contribution is 5.77. The number of hydrogen-bond acceptors (Lipinski definition) is 1. The lowest BCUT2D eigenvalue weighted by molar-refractivity contribution is -0.164. The SMILES string of the molecule is CC1(C(=O)O)CC2CC13CC1C=CC(C1)C23. The molecule has 2 heteroatoms. The van der Waals surface area contributed by atoms with E-state index in [0.717, 1.165) is 12.8 Å². The Bertz CT molecular complexity index is 413. The lowest BCUT2D eigenvalue weighted by Gasteiger charge is -2.57. The van der Waals surface area contributed by atoms with Gasteiger partial charge >= 0.3 is 5.97 Å². The average molecular weight is 218 g/mol. The van der Waals surface area contributed by atoms with Crippen LogP contribution in [0.5, 0.6) is 0 Å². The number of carboxylic acids is 1. The molecule has 0 aromatic heterocycles. The monoisotopic (exact) mass is 218 g/mol. The lowest BCUT2D eigenvalue weighted by Crippen LogP contribution is -2.54. The number of fused-ring (bicyclic) bond motifs is 3. The molecule has 0 aromatic carbocycles. The lowest BCUT2D eigenvalue weighted by atomic mass is 9.46. The van der Waals surface area contributed by atoms with E-state index in [1.807, 2.05) is 6.92 Å². The molecule has 4 fully saturated rings. The van der Waals surface area contributed by atoms with Crippen molar-refractivity contribution in [2.75, 3.05) is 0 Å². The van der Waals surface area contributed by atoms with Crippen LogP contribution < -0.4 is 0 Å². The van der Waals surface area contributed by atoms with E-state index in [1.165, 1.54) is 12.8 Å². The fourth-order valence-electron chi connectivity index (χ4n) is 5.74. The van der Waals surface area contributed by atoms with Gasteiger partial charge in [-0.25, -0.2) is 0 Å². The van der Waals surface area contributed by atoms with Crippen LogP contribution in [0.1, 0.15) is 32.6 Å². The number of aliphatic carboxylic acids is 1. The summed E-state index contributed by atoms with van der Waals surface area (Å²) in [6.45, 7) is 2.01. The first kappa shape index (κ1) is 9.26. The minimum Gasteiger partial charge on any atom is -0.481 e. The first-order valence-corrected chi connectivity index (χ1v) is 6.48. The maximum atomic E-state index is 11.6. The van der Waals surface area contributed by atoms with Crippen LogP contribution in [-0.4, -0.2) is 11.1 Å². The van der Waals surface area contributed by atoms with Gasteiger partial charge in [0.2, 0.25) is 0 Å². The maximum Gasteiger partial charge on any atom is 0.309 e. The Hall–Kier alpha value is -0.790. The second-order valence-corrected chi connectivity index (χ2v) is 6.74. The molecule has 0 aliphatic heterocycles. The summed E-state index contributed by atoms with van der Waals surface area (Å²) in [6.07, 6.45) is 9.31. The molecule has 0 saturated heterocycles. The van der Waals surface area contributed by atoms with Crippen molar-refractivity contribution in [3.05, 3.63) is 12.2 Å². The maximum absolute atomic E-state index is 11.6. The van der Waals surface area contributed by atoms with Crippen LogP contribution in [0.25, 0.3) is 0 Å². The highest BCUT2D eigenvalue weighted by Crippen LogP contribution is 2.79. The number of carboxylic acid groups (broad SMARTS) is 1. The molecule has 4 bridgehead atoms. The molecule has 0 aromatic rings. The first-order chi connectivity index (χ1) is 7.57. The number of carbonyl (C=O) groups is 1. The van der Waals surface area contributed by atoms with E-state index in [4.69, 9.17) is 0 Å². The second-order valence-electron chi connectivity index (χ2n) is 6.74. The molecule has 2 nitrogen and oxygen atoms in total. The van der Waals surface area contributed by atoms with Crippen LogP contribution in [0.15, 0.2) is 12.2 Å². The molecule has 1 spiro atoms. The van der Waals surface area contributed by atoms with Gasteiger partial charge in [0.15, 0.2) is 0 Å². The zero-order valence-electron chi connectivity index (χ0n) is 9.65. The Morgan fingerprint density at radius 2 is 2.12 bits per heavy atom. The Balaban J connectivity index is 1.82. The molecule has 4 saturated carbocycles. The number of rotatable bonds is 1. The van der Waals surface area contributed by atoms with Crippen molar-refractivity contribution in [1.29, 1.82) is 0 Å². The fraction of sp³-hybridized carbons (Fsp3) is 0.786. The van der Waals surface area contributed by atoms with E-state index in [1.54, 1.807) is 0 Å². The third-order valence-corrected chi connectivity index (χ3v) is 6.31. The van der Waals surface area contributed by atoms with Crippen molar-refractivity contribution in [2.24, 2.45) is 34.5 Å². The van der Waals surface area contributed by atoms with E-state index < -0.39 is 11.4 Å². The molecule has 86 valence electrons. The Morgan fingerprint density at radius 3 is 2.88 bits per heavy atom. The molecule has 6 atom stereocenters. The Labute approximate surface area is 95.7 Å². The normalized spacial score (nSPS) is 60.6. The van der Waals surface area contributed by atoms with E-state index >= 15 is 0 Å². The zero-order chi connectivity index (χ0) is 11.1. The summed E-state index contributed by atoms with van der Waals surface area (Å²) in [7, 11) is 0. The number of allylic oxidation sites excluding steroid dienone is 2. The highest BCUT2D eigenvalue weighted by Gasteiger charge is 2.75. The van der Waals surface area contributed by atoms with Crippen LogP contribution >= 0.6 is 0 Å². The van der Waals surface area contributed by atoms with Gasteiger partial charge in [-0.1, -0.05) is 12.2 Å². The molecule has 1 N–H and O–H groups in total. The number of hydrogen-bond donors (Lipinski definition) is 1. The van der Waals surface area contributed by atoms with Crippen molar-refractivity contribution >= 4 is 5.97 Å². The average Bonchev–Trinajstić information content (AvgIpc) is 2.77. The first-order valence-electron chi connectivity index (χ1n) is 6.48. The van der Waals surface area contributed by atoms with E-state index in [0.29, 0.717) is 23.7 Å². The summed E-state index contributed by atoms with van der Waals surface area (Å²) in [5.74, 6) is 2.25. The van der Waals surface area contributed by atoms with Gasteiger partial charge in [-0.15, -0.1) is 0 Å². The Morgan fingerprint density at radius 1 is 1.31 bits per heavy atom. The van der Waals surface area contributed by atoms with Crippen molar-refractivity contribution in [1.82, 2.24) is 0 Å². The van der Waals surface area contributed by atoms with Gasteiger partial charge in [-0.05, 0) is 61.7 Å². The minimum absolute atomic E-state index is 0.153. The second kappa shape index (κ2) is 2.39. The fourth-order valence-corrected chi connectivity index (χ4v) is 5.74. The standard InChI is InChI=1S/C14H18O2/c1-13(12(15)16)6-10-7-14(13)5-8-2-3-9(4-8)11(10)14/h2-3,8-11H,4-7H2,1H3,(H,15,16). The molecule has 16 heavy (non-hydrogen) atoms. The molecule has 6 unspecified atom stereocenters. The summed E-state index contributed by atoms with van der Waals surface area (Å²) in [6, 6.07) is 0. The molecule has 0 heterocycles. The zero-order valence-corrected chi connectivity index (χ0v) is 9.65. The largest absolute Gasteiger partial charge is 0.481 e. The predicted molar refractivity (Wildman–Crippen MR) is 59.7 cm³/mol. The smallest absolute Gasteiger partial charge is 0.309 e. The van der Waals surface area contributed by atoms with Crippen LogP contribution in [0.4, 0.5) is 0 Å². The minimum atomic E-state index is -0.543. The van der Waals surface area contributed by atoms with Crippen molar-refractivity contribution in [2.45, 2.75) is 32.6 Å². The van der Waals surface area contributed by atoms with Gasteiger partial charge in [-0.3, -0.25) is 4.79 Å². The molecule has 5 aliphatic carbocycles. The third-order valence-electron chi connectivity index (χ3n) is 6.31. The molecule has 5 rings (SSSR count). The summed E-state index contributed by atoms with van der Waals surface area (Å²) in [5.41, 5.74) is -0.272. The van der Waals surface area contributed by atoms with Crippen molar-refractivity contribution in [3.63, 3.8) is 0 Å². The van der Waals surface area contributed by atoms with Gasteiger partial charge in [0.05, 0.1) is 5.41 Å². The highest BCUT2D eigenvalue weighted by atomic mass is 16.4. The van der Waals surface area contributed by atoms with Gasteiger partial charge in [0.25, 0.3) is 0 Å². The van der Waals surface area contributed by atoms with Gasteiger partial charge in [-0.2, -0.15) is 0 Å². The summed E-state index contributed by atoms with van der Waals surface area (Å²) < 4.78 is 0. The summed E-state index contributed by atoms with van der Waals surface area (Å²) in [5, 5.41) is 9.58. The summed E-state index contributed by atoms with van der Waals surface area (Å²) in [4.78, 5) is 11.6. The Kier molecular flexibility index (Phi) is 1.38. The molecular weight excluding hydrogens is 200 g/mol. The quantitative estimate of drug-likeness (QED) is 0.687. The van der Waals surface area contributed by atoms with E-state index in [9.17, 15) is 9.90 Å². The molecule has 5 aliphatic rings. The van der Waals surface area contributed by atoms with Gasteiger partial charge in [0, 0.05) is 0 Å². The van der Waals surface area contributed by atoms with Gasteiger partial charge < -0.3 is 5.11 Å². The van der Waals surface area contributed by atoms with Gasteiger partial charge in [0.1, 0.15) is 0 Å². The topological polar surface area (TPSA) is 37.3 Å². The molecule has 0 radical (unpaired) electrons. The molecular formula is C14H18O2. The van der Waals surface area contributed by atoms with Crippen molar-refractivity contribution < 1.29 is 9.90 Å². The van der Waals surface area contributed by atoms with Crippen LogP contribution in [0, 0.1) is 34.5 Å². The van der Waals surface area contributed by atoms with Crippen LogP contribution in [-0.2, 0) is 4.79 Å².